The fourth-order valence-corrected chi connectivity index (χ4v) is 8.69. The van der Waals surface area contributed by atoms with Crippen LogP contribution in [0.2, 0.25) is 0 Å². The van der Waals surface area contributed by atoms with E-state index in [1.807, 2.05) is 11.3 Å². The van der Waals surface area contributed by atoms with Crippen LogP contribution in [0, 0.1) is 0 Å². The quantitative estimate of drug-likeness (QED) is 0.189. The molecule has 0 N–H and O–H groups in total. The van der Waals surface area contributed by atoms with Gasteiger partial charge in [0.2, 0.25) is 0 Å². The first kappa shape index (κ1) is 26.9. The third kappa shape index (κ3) is 4.07. The third-order valence-corrected chi connectivity index (χ3v) is 10.9. The summed E-state index contributed by atoms with van der Waals surface area (Å²) in [4.78, 5) is 2.32. The molecule has 0 unspecified atom stereocenters. The molecule has 0 saturated heterocycles. The summed E-state index contributed by atoms with van der Waals surface area (Å²) >= 11 is 1.89. The minimum absolute atomic E-state index is 0.300. The second-order valence-corrected chi connectivity index (χ2v) is 13.3. The molecule has 0 bridgehead atoms. The SMILES string of the molecule is CC1(c2cc3sc4ccccc4c3cc2-c2ccc(N(c3ccccc3)c3ccccc3)cc2)c2ccccc2-c2ccccc21. The Labute approximate surface area is 273 Å². The van der Waals surface area contributed by atoms with Gasteiger partial charge in [-0.05, 0) is 100 Å². The van der Waals surface area contributed by atoms with Crippen molar-refractivity contribution in [1.29, 1.82) is 0 Å². The number of fused-ring (bicyclic) bond motifs is 6. The second kappa shape index (κ2) is 10.6. The Hall–Kier alpha value is -5.44. The number of hydrogen-bond donors (Lipinski definition) is 0. The normalized spacial score (nSPS) is 13.1. The number of rotatable bonds is 5. The van der Waals surface area contributed by atoms with Gasteiger partial charge < -0.3 is 4.90 Å². The summed E-state index contributed by atoms with van der Waals surface area (Å²) in [5.74, 6) is 0. The lowest BCUT2D eigenvalue weighted by Gasteiger charge is -2.31. The molecule has 0 fully saturated rings. The molecule has 1 aromatic heterocycles. The molecule has 0 aliphatic heterocycles. The predicted octanol–water partition coefficient (Wildman–Crippen LogP) is 12.5. The number of anilines is 3. The lowest BCUT2D eigenvalue weighted by molar-refractivity contribution is 0.717. The van der Waals surface area contributed by atoms with Crippen LogP contribution in [0.15, 0.2) is 170 Å². The van der Waals surface area contributed by atoms with E-state index in [-0.39, 0.29) is 5.41 Å². The fourth-order valence-electron chi connectivity index (χ4n) is 7.56. The van der Waals surface area contributed by atoms with E-state index in [0.29, 0.717) is 0 Å². The number of nitrogens with zero attached hydrogens (tertiary/aromatic N) is 1. The fraction of sp³-hybridized carbons (Fsp3) is 0.0455. The monoisotopic (exact) mass is 605 g/mol. The summed E-state index contributed by atoms with van der Waals surface area (Å²) in [5, 5.41) is 2.64. The standard InChI is InChI=1S/C44H31NS/c1-44(39-21-11-8-18-34(39)35-19-9-12-22-40(35)44)41-29-43-38(36-20-10-13-23-42(36)46-43)28-37(41)30-24-26-33(27-25-30)45(31-14-4-2-5-15-31)32-16-6-3-7-17-32/h2-29H,1H3. The van der Waals surface area contributed by atoms with Crippen molar-refractivity contribution in [3.8, 4) is 22.3 Å². The largest absolute Gasteiger partial charge is 0.311 e. The average molecular weight is 606 g/mol. The van der Waals surface area contributed by atoms with E-state index < -0.39 is 0 Å². The van der Waals surface area contributed by atoms with Crippen molar-refractivity contribution in [3.63, 3.8) is 0 Å². The zero-order chi connectivity index (χ0) is 30.7. The van der Waals surface area contributed by atoms with E-state index >= 15 is 0 Å². The highest BCUT2D eigenvalue weighted by atomic mass is 32.1. The molecule has 0 radical (unpaired) electrons. The Kier molecular flexibility index (Phi) is 6.19. The summed E-state index contributed by atoms with van der Waals surface area (Å²) < 4.78 is 2.66. The first-order valence-corrected chi connectivity index (χ1v) is 16.7. The van der Waals surface area contributed by atoms with Gasteiger partial charge in [-0.1, -0.05) is 115 Å². The van der Waals surface area contributed by atoms with E-state index in [0.717, 1.165) is 17.1 Å². The van der Waals surface area contributed by atoms with Crippen LogP contribution in [0.3, 0.4) is 0 Å². The summed E-state index contributed by atoms with van der Waals surface area (Å²) in [7, 11) is 0. The Morgan fingerprint density at radius 3 is 1.57 bits per heavy atom. The smallest absolute Gasteiger partial charge is 0.0462 e. The van der Waals surface area contributed by atoms with Crippen LogP contribution in [0.4, 0.5) is 17.1 Å². The maximum Gasteiger partial charge on any atom is 0.0462 e. The van der Waals surface area contributed by atoms with Gasteiger partial charge in [-0.25, -0.2) is 0 Å². The van der Waals surface area contributed by atoms with Gasteiger partial charge in [0, 0.05) is 42.6 Å². The highest BCUT2D eigenvalue weighted by Crippen LogP contribution is 2.55. The molecule has 7 aromatic carbocycles. The minimum Gasteiger partial charge on any atom is -0.311 e. The summed E-state index contributed by atoms with van der Waals surface area (Å²) in [5.41, 5.74) is 12.4. The number of para-hydroxylation sites is 2. The van der Waals surface area contributed by atoms with Gasteiger partial charge in [0.05, 0.1) is 0 Å². The molecular formula is C44H31NS. The molecule has 1 heterocycles. The lowest BCUT2D eigenvalue weighted by Crippen LogP contribution is -2.23. The second-order valence-electron chi connectivity index (χ2n) is 12.3. The number of hydrogen-bond acceptors (Lipinski definition) is 2. The van der Waals surface area contributed by atoms with Gasteiger partial charge in [0.15, 0.2) is 0 Å². The van der Waals surface area contributed by atoms with Crippen molar-refractivity contribution in [2.75, 3.05) is 4.90 Å². The first-order chi connectivity index (χ1) is 22.7. The Balaban J connectivity index is 1.28. The van der Waals surface area contributed by atoms with Crippen LogP contribution in [0.25, 0.3) is 42.4 Å². The van der Waals surface area contributed by atoms with E-state index in [1.165, 1.54) is 59.1 Å². The number of benzene rings is 7. The summed E-state index contributed by atoms with van der Waals surface area (Å²) in [6, 6.07) is 62.1. The van der Waals surface area contributed by atoms with Crippen molar-refractivity contribution in [2.24, 2.45) is 0 Å². The lowest BCUT2D eigenvalue weighted by atomic mass is 9.71. The van der Waals surface area contributed by atoms with Crippen molar-refractivity contribution in [3.05, 3.63) is 187 Å². The minimum atomic E-state index is -0.300. The van der Waals surface area contributed by atoms with Gasteiger partial charge >= 0.3 is 0 Å². The van der Waals surface area contributed by atoms with E-state index in [4.69, 9.17) is 0 Å². The average Bonchev–Trinajstić information content (AvgIpc) is 3.62. The molecule has 9 rings (SSSR count). The van der Waals surface area contributed by atoms with E-state index in [9.17, 15) is 0 Å². The molecule has 8 aromatic rings. The Morgan fingerprint density at radius 1 is 0.413 bits per heavy atom. The van der Waals surface area contributed by atoms with Gasteiger partial charge in [0.25, 0.3) is 0 Å². The van der Waals surface area contributed by atoms with Crippen LogP contribution in [0.1, 0.15) is 23.6 Å². The Morgan fingerprint density at radius 2 is 0.935 bits per heavy atom. The highest BCUT2D eigenvalue weighted by molar-refractivity contribution is 7.25. The van der Waals surface area contributed by atoms with Crippen LogP contribution in [0.5, 0.6) is 0 Å². The summed E-state index contributed by atoms with van der Waals surface area (Å²) in [6.45, 7) is 2.43. The van der Waals surface area contributed by atoms with Crippen LogP contribution >= 0.6 is 11.3 Å². The predicted molar refractivity (Wildman–Crippen MR) is 197 cm³/mol. The molecule has 2 heteroatoms. The van der Waals surface area contributed by atoms with Crippen LogP contribution in [-0.2, 0) is 5.41 Å². The molecule has 0 atom stereocenters. The molecule has 0 spiro atoms. The van der Waals surface area contributed by atoms with Gasteiger partial charge in [-0.2, -0.15) is 0 Å². The molecule has 1 aliphatic carbocycles. The van der Waals surface area contributed by atoms with Crippen molar-refractivity contribution >= 4 is 48.6 Å². The molecule has 1 nitrogen and oxygen atoms in total. The van der Waals surface area contributed by atoms with Gasteiger partial charge in [0.1, 0.15) is 0 Å². The zero-order valence-electron chi connectivity index (χ0n) is 25.5. The highest BCUT2D eigenvalue weighted by Gasteiger charge is 2.42. The maximum absolute atomic E-state index is 2.49. The van der Waals surface area contributed by atoms with Crippen molar-refractivity contribution in [1.82, 2.24) is 0 Å². The molecule has 0 amide bonds. The topological polar surface area (TPSA) is 3.24 Å². The van der Waals surface area contributed by atoms with E-state index in [2.05, 4.69) is 182 Å². The molecule has 1 aliphatic rings. The van der Waals surface area contributed by atoms with Crippen molar-refractivity contribution in [2.45, 2.75) is 12.3 Å². The molecule has 218 valence electrons. The number of thiophene rings is 1. The third-order valence-electron chi connectivity index (χ3n) is 9.74. The first-order valence-electron chi connectivity index (χ1n) is 15.9. The van der Waals surface area contributed by atoms with Gasteiger partial charge in [-0.15, -0.1) is 11.3 Å². The van der Waals surface area contributed by atoms with Crippen molar-refractivity contribution < 1.29 is 0 Å². The van der Waals surface area contributed by atoms with Crippen LogP contribution < -0.4 is 4.90 Å². The van der Waals surface area contributed by atoms with E-state index in [1.54, 1.807) is 0 Å². The van der Waals surface area contributed by atoms with Gasteiger partial charge in [-0.3, -0.25) is 0 Å². The molecular weight excluding hydrogens is 575 g/mol. The van der Waals surface area contributed by atoms with Crippen LogP contribution in [-0.4, -0.2) is 0 Å². The molecule has 46 heavy (non-hydrogen) atoms. The zero-order valence-corrected chi connectivity index (χ0v) is 26.3. The molecule has 0 saturated carbocycles. The Bertz CT molecular complexity index is 2280. The summed E-state index contributed by atoms with van der Waals surface area (Å²) in [6.07, 6.45) is 0. The maximum atomic E-state index is 2.49.